The first kappa shape index (κ1) is 19.1. The molecule has 1 aromatic rings. The predicted octanol–water partition coefficient (Wildman–Crippen LogP) is 2.97. The number of halogens is 1. The normalized spacial score (nSPS) is 14.1. The second-order valence-electron chi connectivity index (χ2n) is 5.62. The van der Waals surface area contributed by atoms with E-state index in [1.807, 2.05) is 12.1 Å². The highest BCUT2D eigenvalue weighted by molar-refractivity contribution is 6.32. The van der Waals surface area contributed by atoms with Crippen LogP contribution in [0.4, 0.5) is 4.79 Å². The van der Waals surface area contributed by atoms with Gasteiger partial charge in [0, 0.05) is 32.6 Å². The van der Waals surface area contributed by atoms with E-state index < -0.39 is 0 Å². The van der Waals surface area contributed by atoms with E-state index in [2.05, 4.69) is 6.58 Å². The number of ether oxygens (including phenoxy) is 2. The second kappa shape index (κ2) is 9.93. The van der Waals surface area contributed by atoms with Gasteiger partial charge in [0.2, 0.25) is 5.91 Å². The maximum Gasteiger partial charge on any atom is 0.410 e. The van der Waals surface area contributed by atoms with Gasteiger partial charge in [-0.25, -0.2) is 4.79 Å². The van der Waals surface area contributed by atoms with Crippen LogP contribution in [0.5, 0.6) is 5.75 Å². The highest BCUT2D eigenvalue weighted by atomic mass is 35.5. The molecule has 0 saturated carbocycles. The molecule has 0 N–H and O–H groups in total. The van der Waals surface area contributed by atoms with E-state index in [-0.39, 0.29) is 18.6 Å². The summed E-state index contributed by atoms with van der Waals surface area (Å²) in [5.41, 5.74) is 0. The smallest absolute Gasteiger partial charge is 0.410 e. The standard InChI is InChI=1S/C18H23ClN2O4/c1-2-13-25-18(23)21-11-9-20(10-12-21)17(22)8-5-14-24-16-7-4-3-6-15(16)19/h2-4,6-7H,1,5,8-14H2. The molecule has 6 nitrogen and oxygen atoms in total. The Morgan fingerprint density at radius 2 is 1.84 bits per heavy atom. The third-order valence-corrected chi connectivity index (χ3v) is 4.16. The Morgan fingerprint density at radius 1 is 1.16 bits per heavy atom. The van der Waals surface area contributed by atoms with Crippen molar-refractivity contribution < 1.29 is 19.1 Å². The van der Waals surface area contributed by atoms with Crippen molar-refractivity contribution >= 4 is 23.6 Å². The highest BCUT2D eigenvalue weighted by Gasteiger charge is 2.24. The lowest BCUT2D eigenvalue weighted by Gasteiger charge is -2.34. The number of hydrogen-bond acceptors (Lipinski definition) is 4. The summed E-state index contributed by atoms with van der Waals surface area (Å²) < 4.78 is 10.6. The first-order chi connectivity index (χ1) is 12.1. The van der Waals surface area contributed by atoms with E-state index in [1.54, 1.807) is 21.9 Å². The third kappa shape index (κ3) is 5.98. The summed E-state index contributed by atoms with van der Waals surface area (Å²) in [6, 6.07) is 7.26. The molecule has 0 aliphatic carbocycles. The quantitative estimate of drug-likeness (QED) is 0.550. The van der Waals surface area contributed by atoms with Crippen LogP contribution in [-0.2, 0) is 9.53 Å². The van der Waals surface area contributed by atoms with Gasteiger partial charge in [0.1, 0.15) is 12.4 Å². The lowest BCUT2D eigenvalue weighted by Crippen LogP contribution is -2.50. The average Bonchev–Trinajstić information content (AvgIpc) is 2.64. The van der Waals surface area contributed by atoms with E-state index in [0.29, 0.717) is 56.4 Å². The number of rotatable bonds is 7. The Hall–Kier alpha value is -2.21. The van der Waals surface area contributed by atoms with E-state index in [1.165, 1.54) is 6.08 Å². The first-order valence-electron chi connectivity index (χ1n) is 8.29. The van der Waals surface area contributed by atoms with Gasteiger partial charge >= 0.3 is 6.09 Å². The molecular weight excluding hydrogens is 344 g/mol. The average molecular weight is 367 g/mol. The summed E-state index contributed by atoms with van der Waals surface area (Å²) in [5, 5.41) is 0.563. The fourth-order valence-corrected chi connectivity index (χ4v) is 2.68. The molecule has 7 heteroatoms. The molecule has 1 fully saturated rings. The van der Waals surface area contributed by atoms with E-state index in [0.717, 1.165) is 0 Å². The van der Waals surface area contributed by atoms with Crippen molar-refractivity contribution in [3.8, 4) is 5.75 Å². The molecule has 0 spiro atoms. The van der Waals surface area contributed by atoms with Gasteiger partial charge in [0.05, 0.1) is 11.6 Å². The largest absolute Gasteiger partial charge is 0.492 e. The Labute approximate surface area is 152 Å². The van der Waals surface area contributed by atoms with Gasteiger partial charge in [-0.1, -0.05) is 36.4 Å². The maximum absolute atomic E-state index is 12.2. The molecule has 0 atom stereocenters. The van der Waals surface area contributed by atoms with Crippen LogP contribution in [0.1, 0.15) is 12.8 Å². The van der Waals surface area contributed by atoms with Gasteiger partial charge in [-0.2, -0.15) is 0 Å². The zero-order valence-electron chi connectivity index (χ0n) is 14.2. The fourth-order valence-electron chi connectivity index (χ4n) is 2.49. The van der Waals surface area contributed by atoms with Crippen molar-refractivity contribution in [2.75, 3.05) is 39.4 Å². The molecule has 1 heterocycles. The highest BCUT2D eigenvalue weighted by Crippen LogP contribution is 2.23. The Bertz CT molecular complexity index is 600. The SMILES string of the molecule is C=CCOC(=O)N1CCN(C(=O)CCCOc2ccccc2Cl)CC1. The number of amides is 2. The molecule has 1 aliphatic heterocycles. The monoisotopic (exact) mass is 366 g/mol. The Morgan fingerprint density at radius 3 is 2.52 bits per heavy atom. The predicted molar refractivity (Wildman–Crippen MR) is 95.9 cm³/mol. The van der Waals surface area contributed by atoms with Crippen LogP contribution in [0.3, 0.4) is 0 Å². The minimum absolute atomic E-state index is 0.0712. The topological polar surface area (TPSA) is 59.1 Å². The summed E-state index contributed by atoms with van der Waals surface area (Å²) in [7, 11) is 0. The molecule has 0 unspecified atom stereocenters. The number of hydrogen-bond donors (Lipinski definition) is 0. The molecule has 25 heavy (non-hydrogen) atoms. The second-order valence-corrected chi connectivity index (χ2v) is 6.02. The van der Waals surface area contributed by atoms with Gasteiger partial charge < -0.3 is 19.3 Å². The molecule has 2 rings (SSSR count). The third-order valence-electron chi connectivity index (χ3n) is 3.84. The Balaban J connectivity index is 1.64. The molecule has 0 aromatic heterocycles. The van der Waals surface area contributed by atoms with Crippen LogP contribution >= 0.6 is 11.6 Å². The summed E-state index contributed by atoms with van der Waals surface area (Å²) in [6.45, 7) is 6.15. The number of benzene rings is 1. The van der Waals surface area contributed by atoms with Gasteiger partial charge in [0.15, 0.2) is 0 Å². The van der Waals surface area contributed by atoms with Crippen LogP contribution in [0, 0.1) is 0 Å². The number of carbonyl (C=O) groups is 2. The molecule has 1 saturated heterocycles. The summed E-state index contributed by atoms with van der Waals surface area (Å²) in [6.07, 6.45) is 2.19. The molecule has 0 radical (unpaired) electrons. The molecule has 2 amide bonds. The minimum atomic E-state index is -0.361. The van der Waals surface area contributed by atoms with Crippen LogP contribution in [0.15, 0.2) is 36.9 Å². The van der Waals surface area contributed by atoms with Crippen LogP contribution in [0.2, 0.25) is 5.02 Å². The molecule has 136 valence electrons. The van der Waals surface area contributed by atoms with Gasteiger partial charge in [-0.15, -0.1) is 0 Å². The number of carbonyl (C=O) groups excluding carboxylic acids is 2. The summed E-state index contributed by atoms with van der Waals surface area (Å²) in [4.78, 5) is 27.3. The molecule has 1 aromatic carbocycles. The zero-order valence-corrected chi connectivity index (χ0v) is 14.9. The van der Waals surface area contributed by atoms with Gasteiger partial charge in [-0.05, 0) is 18.6 Å². The summed E-state index contributed by atoms with van der Waals surface area (Å²) in [5.74, 6) is 0.699. The number of nitrogens with zero attached hydrogens (tertiary/aromatic N) is 2. The van der Waals surface area contributed by atoms with Gasteiger partial charge in [-0.3, -0.25) is 4.79 Å². The van der Waals surface area contributed by atoms with Crippen molar-refractivity contribution in [1.82, 2.24) is 9.80 Å². The number of piperazine rings is 1. The van der Waals surface area contributed by atoms with E-state index >= 15 is 0 Å². The number of para-hydroxylation sites is 1. The molecule has 1 aliphatic rings. The van der Waals surface area contributed by atoms with Crippen LogP contribution in [0.25, 0.3) is 0 Å². The van der Waals surface area contributed by atoms with Crippen molar-refractivity contribution in [3.05, 3.63) is 41.9 Å². The first-order valence-corrected chi connectivity index (χ1v) is 8.67. The lowest BCUT2D eigenvalue weighted by atomic mass is 10.2. The van der Waals surface area contributed by atoms with Gasteiger partial charge in [0.25, 0.3) is 0 Å². The zero-order chi connectivity index (χ0) is 18.1. The summed E-state index contributed by atoms with van der Waals surface area (Å²) >= 11 is 6.01. The van der Waals surface area contributed by atoms with Crippen molar-refractivity contribution in [3.63, 3.8) is 0 Å². The molecule has 0 bridgehead atoms. The fraction of sp³-hybridized carbons (Fsp3) is 0.444. The van der Waals surface area contributed by atoms with Crippen LogP contribution in [-0.4, -0.2) is 61.2 Å². The maximum atomic E-state index is 12.2. The van der Waals surface area contributed by atoms with Crippen molar-refractivity contribution in [1.29, 1.82) is 0 Å². The Kier molecular flexibility index (Phi) is 7.60. The minimum Gasteiger partial charge on any atom is -0.492 e. The van der Waals surface area contributed by atoms with E-state index in [4.69, 9.17) is 21.1 Å². The lowest BCUT2D eigenvalue weighted by molar-refractivity contribution is -0.133. The van der Waals surface area contributed by atoms with Crippen LogP contribution < -0.4 is 4.74 Å². The van der Waals surface area contributed by atoms with E-state index in [9.17, 15) is 9.59 Å². The van der Waals surface area contributed by atoms with Crippen molar-refractivity contribution in [2.24, 2.45) is 0 Å². The van der Waals surface area contributed by atoms with Crippen molar-refractivity contribution in [2.45, 2.75) is 12.8 Å². The molecular formula is C18H23ClN2O4.